The second kappa shape index (κ2) is 6.36. The molecule has 0 aromatic carbocycles. The second-order valence-corrected chi connectivity index (χ2v) is 5.68. The molecule has 1 fully saturated rings. The molecule has 6 heteroatoms. The van der Waals surface area contributed by atoms with Crippen LogP contribution in [-0.4, -0.2) is 45.4 Å². The molecule has 0 spiro atoms. The van der Waals surface area contributed by atoms with Crippen molar-refractivity contribution in [3.8, 4) is 5.88 Å². The van der Waals surface area contributed by atoms with Crippen LogP contribution in [0.1, 0.15) is 17.7 Å². The normalized spacial score (nSPS) is 19.8. The van der Waals surface area contributed by atoms with Gasteiger partial charge >= 0.3 is 0 Å². The number of anilines is 1. The Morgan fingerprint density at radius 3 is 3.00 bits per heavy atom. The van der Waals surface area contributed by atoms with Gasteiger partial charge in [-0.2, -0.15) is 4.98 Å². The number of aromatic nitrogens is 1. The predicted molar refractivity (Wildman–Crippen MR) is 73.7 cm³/mol. The van der Waals surface area contributed by atoms with Crippen LogP contribution in [0.4, 0.5) is 5.13 Å². The number of nitrogens with zero attached hydrogens (tertiary/aromatic N) is 2. The minimum absolute atomic E-state index is 0.452. The molecular formula is C12H21N3O2S. The fourth-order valence-electron chi connectivity index (χ4n) is 1.93. The van der Waals surface area contributed by atoms with Crippen molar-refractivity contribution in [1.29, 1.82) is 0 Å². The van der Waals surface area contributed by atoms with E-state index in [-0.39, 0.29) is 0 Å². The summed E-state index contributed by atoms with van der Waals surface area (Å²) in [5.74, 6) is 0.730. The van der Waals surface area contributed by atoms with Gasteiger partial charge in [0.05, 0.1) is 18.6 Å². The molecule has 18 heavy (non-hydrogen) atoms. The lowest BCUT2D eigenvalue weighted by molar-refractivity contribution is 0.0699. The van der Waals surface area contributed by atoms with Crippen molar-refractivity contribution in [1.82, 2.24) is 10.3 Å². The zero-order valence-corrected chi connectivity index (χ0v) is 12.0. The van der Waals surface area contributed by atoms with Gasteiger partial charge in [0.15, 0.2) is 5.13 Å². The van der Waals surface area contributed by atoms with E-state index in [1.807, 2.05) is 19.0 Å². The number of rotatable bonds is 5. The first kappa shape index (κ1) is 13.6. The average Bonchev–Trinajstić information content (AvgIpc) is 2.81. The van der Waals surface area contributed by atoms with Crippen molar-refractivity contribution in [3.05, 3.63) is 4.88 Å². The van der Waals surface area contributed by atoms with E-state index in [2.05, 4.69) is 10.3 Å². The van der Waals surface area contributed by atoms with Crippen LogP contribution >= 0.6 is 11.3 Å². The summed E-state index contributed by atoms with van der Waals surface area (Å²) in [6, 6.07) is 0.452. The molecule has 2 heterocycles. The molecule has 1 aromatic rings. The Labute approximate surface area is 112 Å². The Morgan fingerprint density at radius 1 is 1.56 bits per heavy atom. The number of thiazole rings is 1. The summed E-state index contributed by atoms with van der Waals surface area (Å²) in [4.78, 5) is 7.59. The lowest BCUT2D eigenvalue weighted by Crippen LogP contribution is -2.36. The third-order valence-electron chi connectivity index (χ3n) is 2.94. The summed E-state index contributed by atoms with van der Waals surface area (Å²) in [7, 11) is 5.65. The third kappa shape index (κ3) is 3.34. The first-order valence-corrected chi connectivity index (χ1v) is 7.04. The van der Waals surface area contributed by atoms with Gasteiger partial charge in [-0.1, -0.05) is 11.3 Å². The maximum absolute atomic E-state index is 5.46. The van der Waals surface area contributed by atoms with Crippen LogP contribution in [0.2, 0.25) is 0 Å². The van der Waals surface area contributed by atoms with Gasteiger partial charge in [-0.25, -0.2) is 0 Å². The van der Waals surface area contributed by atoms with E-state index in [4.69, 9.17) is 9.47 Å². The lowest BCUT2D eigenvalue weighted by atomic mass is 10.1. The molecule has 1 unspecified atom stereocenters. The molecule has 1 aliphatic heterocycles. The number of ether oxygens (including phenoxy) is 2. The lowest BCUT2D eigenvalue weighted by Gasteiger charge is -2.22. The molecule has 0 saturated carbocycles. The maximum atomic E-state index is 5.46. The largest absolute Gasteiger partial charge is 0.480 e. The highest BCUT2D eigenvalue weighted by Crippen LogP contribution is 2.30. The highest BCUT2D eigenvalue weighted by molar-refractivity contribution is 7.15. The molecule has 1 N–H and O–H groups in total. The van der Waals surface area contributed by atoms with E-state index in [1.54, 1.807) is 18.4 Å². The van der Waals surface area contributed by atoms with E-state index < -0.39 is 0 Å². The van der Waals surface area contributed by atoms with Crippen molar-refractivity contribution in [2.45, 2.75) is 25.4 Å². The minimum atomic E-state index is 0.452. The monoisotopic (exact) mass is 271 g/mol. The highest BCUT2D eigenvalue weighted by atomic mass is 32.1. The summed E-state index contributed by atoms with van der Waals surface area (Å²) >= 11 is 1.67. The zero-order chi connectivity index (χ0) is 13.0. The maximum Gasteiger partial charge on any atom is 0.230 e. The quantitative estimate of drug-likeness (QED) is 0.879. The SMILES string of the molecule is COc1nc(N(C)C)sc1CNC1CCCOC1. The Morgan fingerprint density at radius 2 is 2.39 bits per heavy atom. The second-order valence-electron chi connectivity index (χ2n) is 4.62. The number of nitrogens with one attached hydrogen (secondary N) is 1. The van der Waals surface area contributed by atoms with Gasteiger partial charge in [-0.05, 0) is 12.8 Å². The van der Waals surface area contributed by atoms with Gasteiger partial charge in [0.25, 0.3) is 0 Å². The standard InChI is InChI=1S/C12H21N3O2S/c1-15(2)12-14-11(16-3)10(18-12)7-13-9-5-4-6-17-8-9/h9,13H,4-8H2,1-3H3. The average molecular weight is 271 g/mol. The Balaban J connectivity index is 1.94. The number of hydrogen-bond donors (Lipinski definition) is 1. The fraction of sp³-hybridized carbons (Fsp3) is 0.750. The van der Waals surface area contributed by atoms with Gasteiger partial charge in [0.1, 0.15) is 0 Å². The molecule has 0 amide bonds. The van der Waals surface area contributed by atoms with E-state index >= 15 is 0 Å². The molecule has 0 radical (unpaired) electrons. The van der Waals surface area contributed by atoms with Gasteiger partial charge < -0.3 is 19.7 Å². The van der Waals surface area contributed by atoms with Crippen LogP contribution in [0.25, 0.3) is 0 Å². The molecule has 5 nitrogen and oxygen atoms in total. The number of hydrogen-bond acceptors (Lipinski definition) is 6. The molecule has 0 bridgehead atoms. The van der Waals surface area contributed by atoms with E-state index in [0.29, 0.717) is 6.04 Å². The number of methoxy groups -OCH3 is 1. The molecule has 1 atom stereocenters. The van der Waals surface area contributed by atoms with Crippen LogP contribution in [0.5, 0.6) is 5.88 Å². The van der Waals surface area contributed by atoms with Crippen LogP contribution in [0.3, 0.4) is 0 Å². The topological polar surface area (TPSA) is 46.6 Å². The van der Waals surface area contributed by atoms with Crippen LogP contribution < -0.4 is 15.0 Å². The van der Waals surface area contributed by atoms with E-state index in [9.17, 15) is 0 Å². The zero-order valence-electron chi connectivity index (χ0n) is 11.2. The fourth-order valence-corrected chi connectivity index (χ4v) is 2.83. The van der Waals surface area contributed by atoms with Gasteiger partial charge in [-0.15, -0.1) is 0 Å². The molecule has 102 valence electrons. The Kier molecular flexibility index (Phi) is 4.79. The van der Waals surface area contributed by atoms with Gasteiger partial charge in [0.2, 0.25) is 5.88 Å². The van der Waals surface area contributed by atoms with Crippen molar-refractivity contribution in [3.63, 3.8) is 0 Å². The van der Waals surface area contributed by atoms with Gasteiger partial charge in [0, 0.05) is 33.3 Å². The van der Waals surface area contributed by atoms with Crippen molar-refractivity contribution in [2.75, 3.05) is 39.3 Å². The molecule has 1 aliphatic rings. The first-order valence-electron chi connectivity index (χ1n) is 6.23. The molecule has 1 saturated heterocycles. The van der Waals surface area contributed by atoms with E-state index in [0.717, 1.165) is 42.1 Å². The summed E-state index contributed by atoms with van der Waals surface area (Å²) in [5, 5.41) is 4.49. The highest BCUT2D eigenvalue weighted by Gasteiger charge is 2.17. The molecule has 0 aliphatic carbocycles. The molecule has 1 aromatic heterocycles. The van der Waals surface area contributed by atoms with Crippen LogP contribution in [-0.2, 0) is 11.3 Å². The Bertz CT molecular complexity index is 375. The van der Waals surface area contributed by atoms with Gasteiger partial charge in [-0.3, -0.25) is 0 Å². The molecule has 2 rings (SSSR count). The van der Waals surface area contributed by atoms with Crippen molar-refractivity contribution < 1.29 is 9.47 Å². The Hall–Kier alpha value is -0.850. The van der Waals surface area contributed by atoms with Crippen molar-refractivity contribution in [2.24, 2.45) is 0 Å². The third-order valence-corrected chi connectivity index (χ3v) is 4.14. The van der Waals surface area contributed by atoms with Crippen molar-refractivity contribution >= 4 is 16.5 Å². The van der Waals surface area contributed by atoms with Crippen LogP contribution in [0, 0.1) is 0 Å². The summed E-state index contributed by atoms with van der Waals surface area (Å²) in [5.41, 5.74) is 0. The molecular weight excluding hydrogens is 250 g/mol. The minimum Gasteiger partial charge on any atom is -0.480 e. The van der Waals surface area contributed by atoms with E-state index in [1.165, 1.54) is 6.42 Å². The predicted octanol–water partition coefficient (Wildman–Crippen LogP) is 1.49. The smallest absolute Gasteiger partial charge is 0.230 e. The summed E-state index contributed by atoms with van der Waals surface area (Å²) in [6.07, 6.45) is 2.32. The van der Waals surface area contributed by atoms with Crippen LogP contribution in [0.15, 0.2) is 0 Å². The summed E-state index contributed by atoms with van der Waals surface area (Å²) < 4.78 is 10.8. The first-order chi connectivity index (χ1) is 8.70. The summed E-state index contributed by atoms with van der Waals surface area (Å²) in [6.45, 7) is 2.50.